The second-order valence-corrected chi connectivity index (χ2v) is 8.79. The quantitative estimate of drug-likeness (QED) is 0.663. The molecule has 0 aliphatic heterocycles. The van der Waals surface area contributed by atoms with Crippen molar-refractivity contribution in [2.75, 3.05) is 20.6 Å². The van der Waals surface area contributed by atoms with E-state index in [1.807, 2.05) is 23.7 Å². The summed E-state index contributed by atoms with van der Waals surface area (Å²) in [5, 5.41) is 10.0. The van der Waals surface area contributed by atoms with E-state index in [0.29, 0.717) is 18.8 Å². The second-order valence-electron chi connectivity index (χ2n) is 7.34. The van der Waals surface area contributed by atoms with E-state index in [1.165, 1.54) is 0 Å². The van der Waals surface area contributed by atoms with Gasteiger partial charge in [0.05, 0.1) is 6.10 Å². The smallest absolute Gasteiger partial charge is 0.422 e. The fraction of sp³-hybridized carbons (Fsp3) is 0.929. The molecule has 0 saturated heterocycles. The molecule has 1 fully saturated rings. The molecule has 0 aromatic heterocycles. The molecule has 0 heterocycles. The Morgan fingerprint density at radius 2 is 1.91 bits per heavy atom. The standard InChI is InChI=1S/C14H29N3O5S/c1-14(2,3)22-13(19)16-23(20,21)15-11-8-10(9-17(4)5)6-7-12(11)18/h10-12,15,18H,6-9H2,1-5H3,(H,16,19)/t10-,11+,12+/m0/s1. The van der Waals surface area contributed by atoms with Crippen LogP contribution in [0.15, 0.2) is 0 Å². The van der Waals surface area contributed by atoms with Crippen molar-refractivity contribution < 1.29 is 23.1 Å². The van der Waals surface area contributed by atoms with Crippen molar-refractivity contribution >= 4 is 16.3 Å². The third-order valence-corrected chi connectivity index (χ3v) is 4.52. The first-order valence-electron chi connectivity index (χ1n) is 7.74. The molecule has 1 rings (SSSR count). The minimum atomic E-state index is -4.09. The van der Waals surface area contributed by atoms with Crippen molar-refractivity contribution in [1.29, 1.82) is 0 Å². The van der Waals surface area contributed by atoms with E-state index in [4.69, 9.17) is 4.74 Å². The molecule has 136 valence electrons. The maximum Gasteiger partial charge on any atom is 0.422 e. The van der Waals surface area contributed by atoms with Crippen LogP contribution in [0.5, 0.6) is 0 Å². The Morgan fingerprint density at radius 1 is 1.30 bits per heavy atom. The van der Waals surface area contributed by atoms with E-state index in [9.17, 15) is 18.3 Å². The second kappa shape index (κ2) is 7.78. The first-order valence-corrected chi connectivity index (χ1v) is 9.22. The van der Waals surface area contributed by atoms with Crippen LogP contribution in [0.1, 0.15) is 40.0 Å². The normalized spacial score (nSPS) is 26.1. The van der Waals surface area contributed by atoms with Gasteiger partial charge in [-0.1, -0.05) is 0 Å². The van der Waals surface area contributed by atoms with Crippen LogP contribution < -0.4 is 9.44 Å². The Balaban J connectivity index is 2.62. The average molecular weight is 351 g/mol. The predicted molar refractivity (Wildman–Crippen MR) is 87.1 cm³/mol. The van der Waals surface area contributed by atoms with Gasteiger partial charge in [-0.05, 0) is 60.0 Å². The van der Waals surface area contributed by atoms with Crippen LogP contribution in [0.4, 0.5) is 4.79 Å². The monoisotopic (exact) mass is 351 g/mol. The number of nitrogens with one attached hydrogen (secondary N) is 2. The molecule has 0 radical (unpaired) electrons. The van der Waals surface area contributed by atoms with Crippen LogP contribution in [-0.4, -0.2) is 62.9 Å². The highest BCUT2D eigenvalue weighted by molar-refractivity contribution is 7.88. The minimum Gasteiger partial charge on any atom is -0.443 e. The van der Waals surface area contributed by atoms with E-state index in [1.54, 1.807) is 20.8 Å². The molecule has 3 N–H and O–H groups in total. The molecule has 0 aromatic rings. The maximum atomic E-state index is 12.0. The fourth-order valence-electron chi connectivity index (χ4n) is 2.69. The number of carbonyl (C=O) groups excluding carboxylic acids is 1. The van der Waals surface area contributed by atoms with Gasteiger partial charge in [0.1, 0.15) is 5.60 Å². The van der Waals surface area contributed by atoms with Crippen LogP contribution in [0.3, 0.4) is 0 Å². The van der Waals surface area contributed by atoms with Crippen molar-refractivity contribution in [1.82, 2.24) is 14.3 Å². The number of ether oxygens (including phenoxy) is 1. The predicted octanol–water partition coefficient (Wildman–Crippen LogP) is 0.437. The zero-order valence-corrected chi connectivity index (χ0v) is 15.3. The Kier molecular flexibility index (Phi) is 6.81. The summed E-state index contributed by atoms with van der Waals surface area (Å²) in [5.41, 5.74) is -0.791. The first-order chi connectivity index (χ1) is 10.4. The summed E-state index contributed by atoms with van der Waals surface area (Å²) >= 11 is 0. The van der Waals surface area contributed by atoms with Crippen LogP contribution in [0, 0.1) is 5.92 Å². The van der Waals surface area contributed by atoms with Gasteiger partial charge in [0.25, 0.3) is 0 Å². The van der Waals surface area contributed by atoms with Gasteiger partial charge in [0, 0.05) is 12.6 Å². The molecule has 8 nitrogen and oxygen atoms in total. The van der Waals surface area contributed by atoms with Crippen molar-refractivity contribution in [3.8, 4) is 0 Å². The molecule has 1 aliphatic carbocycles. The highest BCUT2D eigenvalue weighted by Gasteiger charge is 2.33. The lowest BCUT2D eigenvalue weighted by Gasteiger charge is -2.34. The number of rotatable bonds is 5. The highest BCUT2D eigenvalue weighted by atomic mass is 32.2. The van der Waals surface area contributed by atoms with Gasteiger partial charge in [-0.15, -0.1) is 0 Å². The maximum absolute atomic E-state index is 12.0. The molecule has 1 aliphatic rings. The summed E-state index contributed by atoms with van der Waals surface area (Å²) in [6.07, 6.45) is 0.0906. The summed E-state index contributed by atoms with van der Waals surface area (Å²) in [5.74, 6) is 0.294. The lowest BCUT2D eigenvalue weighted by Crippen LogP contribution is -2.52. The molecule has 3 atom stereocenters. The van der Waals surface area contributed by atoms with E-state index < -0.39 is 34.0 Å². The van der Waals surface area contributed by atoms with Gasteiger partial charge in [0.15, 0.2) is 0 Å². The van der Waals surface area contributed by atoms with E-state index in [0.717, 1.165) is 13.0 Å². The van der Waals surface area contributed by atoms with Crippen molar-refractivity contribution in [2.45, 2.75) is 57.8 Å². The molecule has 23 heavy (non-hydrogen) atoms. The van der Waals surface area contributed by atoms with Gasteiger partial charge in [-0.25, -0.2) is 9.52 Å². The van der Waals surface area contributed by atoms with E-state index in [-0.39, 0.29) is 0 Å². The summed E-state index contributed by atoms with van der Waals surface area (Å²) in [6.45, 7) is 5.75. The van der Waals surface area contributed by atoms with Gasteiger partial charge in [-0.3, -0.25) is 0 Å². The molecular weight excluding hydrogens is 322 g/mol. The zero-order chi connectivity index (χ0) is 17.8. The number of hydrogen-bond donors (Lipinski definition) is 3. The Labute approximate surface area is 138 Å². The van der Waals surface area contributed by atoms with E-state index in [2.05, 4.69) is 4.72 Å². The zero-order valence-electron chi connectivity index (χ0n) is 14.5. The Morgan fingerprint density at radius 3 is 2.43 bits per heavy atom. The molecular formula is C14H29N3O5S. The van der Waals surface area contributed by atoms with Crippen LogP contribution in [-0.2, 0) is 14.9 Å². The SMILES string of the molecule is CN(C)C[C@H]1CC[C@@H](O)[C@H](NS(=O)(=O)NC(=O)OC(C)(C)C)C1. The summed E-state index contributed by atoms with van der Waals surface area (Å²) < 4.78 is 33.1. The van der Waals surface area contributed by atoms with Crippen LogP contribution in [0.25, 0.3) is 0 Å². The summed E-state index contributed by atoms with van der Waals surface area (Å²) in [4.78, 5) is 13.6. The van der Waals surface area contributed by atoms with Crippen molar-refractivity contribution in [2.24, 2.45) is 5.92 Å². The molecule has 0 spiro atoms. The van der Waals surface area contributed by atoms with Crippen molar-refractivity contribution in [3.63, 3.8) is 0 Å². The van der Waals surface area contributed by atoms with Crippen LogP contribution >= 0.6 is 0 Å². The molecule has 9 heteroatoms. The number of carbonyl (C=O) groups is 1. The minimum absolute atomic E-state index is 0.294. The lowest BCUT2D eigenvalue weighted by molar-refractivity contribution is 0.0562. The third kappa shape index (κ3) is 7.96. The Bertz CT molecular complexity index is 501. The van der Waals surface area contributed by atoms with E-state index >= 15 is 0 Å². The summed E-state index contributed by atoms with van der Waals surface area (Å²) in [7, 11) is -0.180. The Hall–Kier alpha value is -0.900. The molecule has 1 saturated carbocycles. The largest absolute Gasteiger partial charge is 0.443 e. The topological polar surface area (TPSA) is 108 Å². The van der Waals surface area contributed by atoms with Gasteiger partial charge < -0.3 is 14.7 Å². The van der Waals surface area contributed by atoms with Gasteiger partial charge in [-0.2, -0.15) is 13.1 Å². The van der Waals surface area contributed by atoms with Gasteiger partial charge >= 0.3 is 16.3 Å². The van der Waals surface area contributed by atoms with Crippen molar-refractivity contribution in [3.05, 3.63) is 0 Å². The number of hydrogen-bond acceptors (Lipinski definition) is 6. The lowest BCUT2D eigenvalue weighted by atomic mass is 9.84. The highest BCUT2D eigenvalue weighted by Crippen LogP contribution is 2.25. The molecule has 0 bridgehead atoms. The molecule has 0 unspecified atom stereocenters. The summed E-state index contributed by atoms with van der Waals surface area (Å²) in [6, 6.07) is -0.617. The number of aliphatic hydroxyl groups is 1. The molecule has 1 amide bonds. The first kappa shape index (κ1) is 20.1. The average Bonchev–Trinajstić information content (AvgIpc) is 2.28. The molecule has 0 aromatic carbocycles. The number of aliphatic hydroxyl groups excluding tert-OH is 1. The third-order valence-electron chi connectivity index (χ3n) is 3.47. The fourth-order valence-corrected chi connectivity index (χ4v) is 3.66. The number of nitrogens with zero attached hydrogens (tertiary/aromatic N) is 1. The van der Waals surface area contributed by atoms with Gasteiger partial charge in [0.2, 0.25) is 0 Å². The van der Waals surface area contributed by atoms with Crippen LogP contribution in [0.2, 0.25) is 0 Å². The number of amides is 1.